The van der Waals surface area contributed by atoms with Crippen molar-refractivity contribution < 1.29 is 9.90 Å². The Kier molecular flexibility index (Phi) is 6.49. The molecule has 2 rings (SSSR count). The predicted octanol–water partition coefficient (Wildman–Crippen LogP) is 2.75. The summed E-state index contributed by atoms with van der Waals surface area (Å²) < 4.78 is 0. The van der Waals surface area contributed by atoms with Crippen LogP contribution in [0.15, 0.2) is 30.3 Å². The summed E-state index contributed by atoms with van der Waals surface area (Å²) in [5, 5.41) is 15.6. The highest BCUT2D eigenvalue weighted by Crippen LogP contribution is 2.21. The first-order chi connectivity index (χ1) is 11.4. The van der Waals surface area contributed by atoms with Crippen molar-refractivity contribution in [1.82, 2.24) is 10.6 Å². The SMILES string of the molecule is C[C@H](O)CC(C)(C)CNC(=O)N[C@H]1CCCN(c2ccccc2)C1. The third-order valence-corrected chi connectivity index (χ3v) is 4.45. The first-order valence-corrected chi connectivity index (χ1v) is 8.88. The molecule has 3 N–H and O–H groups in total. The Hall–Kier alpha value is -1.75. The van der Waals surface area contributed by atoms with Gasteiger partial charge in [0.05, 0.1) is 6.10 Å². The number of amides is 2. The predicted molar refractivity (Wildman–Crippen MR) is 98.3 cm³/mol. The number of rotatable bonds is 6. The molecule has 0 unspecified atom stereocenters. The number of aliphatic hydroxyl groups is 1. The monoisotopic (exact) mass is 333 g/mol. The van der Waals surface area contributed by atoms with Crippen molar-refractivity contribution >= 4 is 11.7 Å². The Balaban J connectivity index is 1.79. The lowest BCUT2D eigenvalue weighted by atomic mass is 9.87. The molecule has 0 radical (unpaired) electrons. The van der Waals surface area contributed by atoms with E-state index in [1.807, 2.05) is 18.2 Å². The van der Waals surface area contributed by atoms with Crippen LogP contribution in [0.1, 0.15) is 40.0 Å². The van der Waals surface area contributed by atoms with Gasteiger partial charge < -0.3 is 20.6 Å². The van der Waals surface area contributed by atoms with Gasteiger partial charge in [-0.3, -0.25) is 0 Å². The van der Waals surface area contributed by atoms with Crippen LogP contribution in [-0.2, 0) is 0 Å². The molecule has 1 heterocycles. The zero-order chi connectivity index (χ0) is 17.6. The van der Waals surface area contributed by atoms with E-state index >= 15 is 0 Å². The van der Waals surface area contributed by atoms with Crippen LogP contribution in [0.5, 0.6) is 0 Å². The average molecular weight is 333 g/mol. The summed E-state index contributed by atoms with van der Waals surface area (Å²) in [7, 11) is 0. The number of hydrogen-bond donors (Lipinski definition) is 3. The molecule has 5 heteroatoms. The Labute approximate surface area is 145 Å². The van der Waals surface area contributed by atoms with E-state index in [-0.39, 0.29) is 23.6 Å². The van der Waals surface area contributed by atoms with Crippen molar-refractivity contribution in [3.8, 4) is 0 Å². The second-order valence-electron chi connectivity index (χ2n) is 7.67. The molecule has 134 valence electrons. The highest BCUT2D eigenvalue weighted by atomic mass is 16.3. The number of aliphatic hydroxyl groups excluding tert-OH is 1. The van der Waals surface area contributed by atoms with Gasteiger partial charge in [0.25, 0.3) is 0 Å². The molecule has 0 saturated carbocycles. The van der Waals surface area contributed by atoms with Crippen LogP contribution in [0.25, 0.3) is 0 Å². The number of urea groups is 1. The molecular formula is C19H31N3O2. The third-order valence-electron chi connectivity index (χ3n) is 4.45. The number of piperidine rings is 1. The molecule has 0 spiro atoms. The fourth-order valence-electron chi connectivity index (χ4n) is 3.40. The van der Waals surface area contributed by atoms with Crippen LogP contribution in [0.3, 0.4) is 0 Å². The fourth-order valence-corrected chi connectivity index (χ4v) is 3.40. The quantitative estimate of drug-likeness (QED) is 0.750. The standard InChI is InChI=1S/C19H31N3O2/c1-15(23)12-19(2,3)14-20-18(24)21-16-8-7-11-22(13-16)17-9-5-4-6-10-17/h4-6,9-10,15-16,23H,7-8,11-14H2,1-3H3,(H2,20,21,24)/t15-,16-/m0/s1. The number of anilines is 1. The van der Waals surface area contributed by atoms with Gasteiger partial charge in [0, 0.05) is 31.4 Å². The summed E-state index contributed by atoms with van der Waals surface area (Å²) in [6.45, 7) is 8.32. The number of carbonyl (C=O) groups is 1. The molecule has 1 aromatic carbocycles. The van der Waals surface area contributed by atoms with Crippen LogP contribution >= 0.6 is 0 Å². The largest absolute Gasteiger partial charge is 0.393 e. The molecule has 24 heavy (non-hydrogen) atoms. The first kappa shape index (κ1) is 18.6. The van der Waals surface area contributed by atoms with E-state index in [1.54, 1.807) is 6.92 Å². The Morgan fingerprint density at radius 1 is 1.38 bits per heavy atom. The summed E-state index contributed by atoms with van der Waals surface area (Å²) in [6.07, 6.45) is 2.39. The summed E-state index contributed by atoms with van der Waals surface area (Å²) >= 11 is 0. The molecule has 2 amide bonds. The minimum Gasteiger partial charge on any atom is -0.393 e. The van der Waals surface area contributed by atoms with E-state index < -0.39 is 0 Å². The van der Waals surface area contributed by atoms with E-state index in [0.29, 0.717) is 13.0 Å². The van der Waals surface area contributed by atoms with Crippen LogP contribution in [0, 0.1) is 5.41 Å². The minimum atomic E-state index is -0.359. The van der Waals surface area contributed by atoms with Gasteiger partial charge in [-0.25, -0.2) is 4.79 Å². The zero-order valence-corrected chi connectivity index (χ0v) is 15.1. The maximum atomic E-state index is 12.2. The van der Waals surface area contributed by atoms with Crippen LogP contribution in [0.4, 0.5) is 10.5 Å². The van der Waals surface area contributed by atoms with Crippen molar-refractivity contribution in [1.29, 1.82) is 0 Å². The third kappa shape index (κ3) is 6.04. The minimum absolute atomic E-state index is 0.117. The molecule has 1 aromatic rings. The lowest BCUT2D eigenvalue weighted by Gasteiger charge is -2.35. The number of benzene rings is 1. The Morgan fingerprint density at radius 3 is 2.75 bits per heavy atom. The van der Waals surface area contributed by atoms with Crippen LogP contribution < -0.4 is 15.5 Å². The number of nitrogens with one attached hydrogen (secondary N) is 2. The molecule has 1 fully saturated rings. The molecule has 0 aliphatic carbocycles. The van der Waals surface area contributed by atoms with Crippen molar-refractivity contribution in [3.63, 3.8) is 0 Å². The second kappa shape index (κ2) is 8.38. The number of para-hydroxylation sites is 1. The van der Waals surface area contributed by atoms with Crippen molar-refractivity contribution in [2.45, 2.75) is 52.2 Å². The van der Waals surface area contributed by atoms with Crippen LogP contribution in [0.2, 0.25) is 0 Å². The molecule has 1 aliphatic heterocycles. The normalized spacial score (nSPS) is 19.7. The second-order valence-corrected chi connectivity index (χ2v) is 7.67. The van der Waals surface area contributed by atoms with E-state index in [1.165, 1.54) is 5.69 Å². The van der Waals surface area contributed by atoms with Gasteiger partial charge in [-0.1, -0.05) is 32.0 Å². The summed E-state index contributed by atoms with van der Waals surface area (Å²) in [5.74, 6) is 0. The summed E-state index contributed by atoms with van der Waals surface area (Å²) in [5.41, 5.74) is 1.09. The highest BCUT2D eigenvalue weighted by Gasteiger charge is 2.24. The zero-order valence-electron chi connectivity index (χ0n) is 15.1. The summed E-state index contributed by atoms with van der Waals surface area (Å²) in [4.78, 5) is 14.5. The molecule has 0 aromatic heterocycles. The highest BCUT2D eigenvalue weighted by molar-refractivity contribution is 5.74. The van der Waals surface area contributed by atoms with E-state index in [9.17, 15) is 9.90 Å². The maximum absolute atomic E-state index is 12.2. The Morgan fingerprint density at radius 2 is 2.08 bits per heavy atom. The van der Waals surface area contributed by atoms with Crippen molar-refractivity contribution in [2.75, 3.05) is 24.5 Å². The van der Waals surface area contributed by atoms with E-state index in [2.05, 4.69) is 41.5 Å². The molecule has 2 atom stereocenters. The summed E-state index contributed by atoms with van der Waals surface area (Å²) in [6, 6.07) is 10.4. The van der Waals surface area contributed by atoms with Gasteiger partial charge in [0.1, 0.15) is 0 Å². The number of nitrogens with zero attached hydrogens (tertiary/aromatic N) is 1. The van der Waals surface area contributed by atoms with Gasteiger partial charge in [0.2, 0.25) is 0 Å². The first-order valence-electron chi connectivity index (χ1n) is 8.88. The molecule has 1 aliphatic rings. The lowest BCUT2D eigenvalue weighted by Crippen LogP contribution is -2.51. The smallest absolute Gasteiger partial charge is 0.315 e. The average Bonchev–Trinajstić information content (AvgIpc) is 2.53. The van der Waals surface area contributed by atoms with E-state index in [0.717, 1.165) is 25.9 Å². The van der Waals surface area contributed by atoms with Gasteiger partial charge in [-0.05, 0) is 43.7 Å². The van der Waals surface area contributed by atoms with Gasteiger partial charge in [-0.15, -0.1) is 0 Å². The Bertz CT molecular complexity index is 517. The molecular weight excluding hydrogens is 302 g/mol. The maximum Gasteiger partial charge on any atom is 0.315 e. The van der Waals surface area contributed by atoms with E-state index in [4.69, 9.17) is 0 Å². The van der Waals surface area contributed by atoms with Gasteiger partial charge in [-0.2, -0.15) is 0 Å². The van der Waals surface area contributed by atoms with Crippen molar-refractivity contribution in [2.24, 2.45) is 5.41 Å². The van der Waals surface area contributed by atoms with Gasteiger partial charge in [0.15, 0.2) is 0 Å². The van der Waals surface area contributed by atoms with Crippen LogP contribution in [-0.4, -0.2) is 42.9 Å². The number of hydrogen-bond acceptors (Lipinski definition) is 3. The fraction of sp³-hybridized carbons (Fsp3) is 0.632. The van der Waals surface area contributed by atoms with Gasteiger partial charge >= 0.3 is 6.03 Å². The molecule has 1 saturated heterocycles. The lowest BCUT2D eigenvalue weighted by molar-refractivity contribution is 0.128. The van der Waals surface area contributed by atoms with Crippen molar-refractivity contribution in [3.05, 3.63) is 30.3 Å². The molecule has 5 nitrogen and oxygen atoms in total. The number of carbonyl (C=O) groups excluding carboxylic acids is 1. The molecule has 0 bridgehead atoms. The topological polar surface area (TPSA) is 64.6 Å².